The molecule has 0 amide bonds. The van der Waals surface area contributed by atoms with Gasteiger partial charge in [-0.1, -0.05) is 24.3 Å². The molecule has 2 aliphatic rings. The van der Waals surface area contributed by atoms with E-state index in [0.717, 1.165) is 5.92 Å². The number of hydrogen-bond donors (Lipinski definition) is 1. The van der Waals surface area contributed by atoms with Crippen LogP contribution in [0.4, 0.5) is 0 Å². The number of hydrogen-bond acceptors (Lipinski definition) is 1. The molecule has 0 radical (unpaired) electrons. The molecule has 68 valence electrons. The normalized spacial score (nSPS) is 31.1. The fourth-order valence-corrected chi connectivity index (χ4v) is 2.65. The SMILES string of the molecule is c1ccc2c(c1)CCCC1CNC21. The third-order valence-electron chi connectivity index (χ3n) is 3.48. The molecule has 2 atom stereocenters. The second kappa shape index (κ2) is 2.85. The highest BCUT2D eigenvalue weighted by Crippen LogP contribution is 2.37. The molecule has 2 unspecified atom stereocenters. The maximum Gasteiger partial charge on any atom is 0.0363 e. The number of benzene rings is 1. The molecule has 1 aromatic carbocycles. The Hall–Kier alpha value is -0.820. The summed E-state index contributed by atoms with van der Waals surface area (Å²) in [5.41, 5.74) is 3.14. The van der Waals surface area contributed by atoms with Gasteiger partial charge in [0.05, 0.1) is 0 Å². The molecule has 1 aliphatic carbocycles. The monoisotopic (exact) mass is 173 g/mol. The molecule has 3 rings (SSSR count). The van der Waals surface area contributed by atoms with Crippen LogP contribution in [0.3, 0.4) is 0 Å². The van der Waals surface area contributed by atoms with Crippen LogP contribution in [-0.2, 0) is 6.42 Å². The summed E-state index contributed by atoms with van der Waals surface area (Å²) in [5, 5.41) is 3.54. The van der Waals surface area contributed by atoms with Crippen LogP contribution < -0.4 is 5.32 Å². The predicted molar refractivity (Wildman–Crippen MR) is 53.6 cm³/mol. The maximum atomic E-state index is 3.54. The summed E-state index contributed by atoms with van der Waals surface area (Å²) in [6.07, 6.45) is 4.07. The molecule has 0 spiro atoms. The van der Waals surface area contributed by atoms with Crippen molar-refractivity contribution < 1.29 is 0 Å². The van der Waals surface area contributed by atoms with Crippen molar-refractivity contribution in [3.05, 3.63) is 35.4 Å². The molecule has 1 aliphatic heterocycles. The van der Waals surface area contributed by atoms with E-state index in [4.69, 9.17) is 0 Å². The lowest BCUT2D eigenvalue weighted by molar-refractivity contribution is 0.224. The van der Waals surface area contributed by atoms with E-state index in [1.165, 1.54) is 25.8 Å². The van der Waals surface area contributed by atoms with E-state index in [0.29, 0.717) is 6.04 Å². The van der Waals surface area contributed by atoms with E-state index in [1.54, 1.807) is 11.1 Å². The summed E-state index contributed by atoms with van der Waals surface area (Å²) in [6.45, 7) is 1.24. The first-order valence-corrected chi connectivity index (χ1v) is 5.26. The summed E-state index contributed by atoms with van der Waals surface area (Å²) in [4.78, 5) is 0. The molecule has 1 heterocycles. The average Bonchev–Trinajstić information content (AvgIpc) is 2.23. The summed E-state index contributed by atoms with van der Waals surface area (Å²) in [5.74, 6) is 0.920. The van der Waals surface area contributed by atoms with Crippen LogP contribution in [-0.4, -0.2) is 6.54 Å². The third-order valence-corrected chi connectivity index (χ3v) is 3.48. The van der Waals surface area contributed by atoms with Crippen molar-refractivity contribution in [1.82, 2.24) is 5.32 Å². The topological polar surface area (TPSA) is 12.0 Å². The first kappa shape index (κ1) is 7.57. The van der Waals surface area contributed by atoms with Gasteiger partial charge >= 0.3 is 0 Å². The third kappa shape index (κ3) is 1.11. The van der Waals surface area contributed by atoms with Crippen molar-refractivity contribution in [3.63, 3.8) is 0 Å². The van der Waals surface area contributed by atoms with Crippen LogP contribution in [0.5, 0.6) is 0 Å². The van der Waals surface area contributed by atoms with Crippen LogP contribution in [0.2, 0.25) is 0 Å². The van der Waals surface area contributed by atoms with Gasteiger partial charge < -0.3 is 5.32 Å². The predicted octanol–water partition coefficient (Wildman–Crippen LogP) is 2.28. The number of nitrogens with one attached hydrogen (secondary N) is 1. The Morgan fingerprint density at radius 3 is 3.00 bits per heavy atom. The molecule has 1 aromatic rings. The molecule has 1 N–H and O–H groups in total. The van der Waals surface area contributed by atoms with Crippen LogP contribution in [0.15, 0.2) is 24.3 Å². The zero-order valence-electron chi connectivity index (χ0n) is 7.79. The smallest absolute Gasteiger partial charge is 0.0363 e. The summed E-state index contributed by atoms with van der Waals surface area (Å²) in [7, 11) is 0. The van der Waals surface area contributed by atoms with Crippen molar-refractivity contribution in [2.75, 3.05) is 6.54 Å². The molecule has 1 nitrogen and oxygen atoms in total. The van der Waals surface area contributed by atoms with Crippen molar-refractivity contribution in [1.29, 1.82) is 0 Å². The number of rotatable bonds is 0. The average molecular weight is 173 g/mol. The van der Waals surface area contributed by atoms with Gasteiger partial charge in [-0.25, -0.2) is 0 Å². The van der Waals surface area contributed by atoms with Crippen molar-refractivity contribution in [2.45, 2.75) is 25.3 Å². The minimum Gasteiger partial charge on any atom is -0.309 e. The number of aryl methyl sites for hydroxylation is 1. The highest BCUT2D eigenvalue weighted by molar-refractivity contribution is 5.33. The Morgan fingerprint density at radius 2 is 2.15 bits per heavy atom. The maximum absolute atomic E-state index is 3.54. The summed E-state index contributed by atoms with van der Waals surface area (Å²) in [6, 6.07) is 9.60. The van der Waals surface area contributed by atoms with Crippen LogP contribution >= 0.6 is 0 Å². The lowest BCUT2D eigenvalue weighted by Crippen LogP contribution is -2.45. The standard InChI is InChI=1S/C12H15N/c1-2-7-11-9(4-1)5-3-6-10-8-13-12(10)11/h1-2,4,7,10,12-13H,3,5-6,8H2. The van der Waals surface area contributed by atoms with E-state index in [2.05, 4.69) is 29.6 Å². The molecule has 1 heteroatoms. The van der Waals surface area contributed by atoms with E-state index < -0.39 is 0 Å². The fourth-order valence-electron chi connectivity index (χ4n) is 2.65. The highest BCUT2D eigenvalue weighted by Gasteiger charge is 2.33. The van der Waals surface area contributed by atoms with Gasteiger partial charge in [-0.15, -0.1) is 0 Å². The lowest BCUT2D eigenvalue weighted by atomic mass is 9.84. The van der Waals surface area contributed by atoms with Crippen molar-refractivity contribution in [3.8, 4) is 0 Å². The van der Waals surface area contributed by atoms with Gasteiger partial charge in [0.25, 0.3) is 0 Å². The van der Waals surface area contributed by atoms with Crippen LogP contribution in [0.1, 0.15) is 30.0 Å². The zero-order chi connectivity index (χ0) is 8.67. The second-order valence-corrected chi connectivity index (χ2v) is 4.24. The molecular formula is C12H15N. The van der Waals surface area contributed by atoms with Crippen LogP contribution in [0.25, 0.3) is 0 Å². The molecule has 13 heavy (non-hydrogen) atoms. The Balaban J connectivity index is 2.04. The van der Waals surface area contributed by atoms with Gasteiger partial charge in [0.15, 0.2) is 0 Å². The van der Waals surface area contributed by atoms with Gasteiger partial charge in [0.1, 0.15) is 0 Å². The summed E-state index contributed by atoms with van der Waals surface area (Å²) >= 11 is 0. The van der Waals surface area contributed by atoms with E-state index in [-0.39, 0.29) is 0 Å². The molecule has 0 saturated carbocycles. The highest BCUT2D eigenvalue weighted by atomic mass is 15.0. The Morgan fingerprint density at radius 1 is 1.23 bits per heavy atom. The summed E-state index contributed by atoms with van der Waals surface area (Å²) < 4.78 is 0. The first-order valence-electron chi connectivity index (χ1n) is 5.26. The van der Waals surface area contributed by atoms with E-state index in [9.17, 15) is 0 Å². The van der Waals surface area contributed by atoms with Crippen molar-refractivity contribution >= 4 is 0 Å². The molecule has 1 saturated heterocycles. The van der Waals surface area contributed by atoms with Gasteiger partial charge in [0, 0.05) is 12.6 Å². The van der Waals surface area contributed by atoms with Gasteiger partial charge in [-0.3, -0.25) is 0 Å². The minimum atomic E-state index is 0.679. The molecule has 0 bridgehead atoms. The van der Waals surface area contributed by atoms with Gasteiger partial charge in [-0.2, -0.15) is 0 Å². The second-order valence-electron chi connectivity index (χ2n) is 4.24. The van der Waals surface area contributed by atoms with E-state index >= 15 is 0 Å². The Kier molecular flexibility index (Phi) is 1.66. The lowest BCUT2D eigenvalue weighted by Gasteiger charge is -2.37. The Labute approximate surface area is 79.2 Å². The van der Waals surface area contributed by atoms with Gasteiger partial charge in [-0.05, 0) is 36.3 Å². The largest absolute Gasteiger partial charge is 0.309 e. The Bertz CT molecular complexity index is 319. The van der Waals surface area contributed by atoms with Crippen LogP contribution in [0, 0.1) is 5.92 Å². The van der Waals surface area contributed by atoms with Crippen molar-refractivity contribution in [2.24, 2.45) is 5.92 Å². The fraction of sp³-hybridized carbons (Fsp3) is 0.500. The quantitative estimate of drug-likeness (QED) is 0.634. The molecule has 1 fully saturated rings. The molecule has 0 aromatic heterocycles. The molecular weight excluding hydrogens is 158 g/mol. The van der Waals surface area contributed by atoms with E-state index in [1.807, 2.05) is 0 Å². The van der Waals surface area contributed by atoms with Gasteiger partial charge in [0.2, 0.25) is 0 Å². The first-order chi connectivity index (χ1) is 6.45. The zero-order valence-corrected chi connectivity index (χ0v) is 7.79. The minimum absolute atomic E-state index is 0.679. The number of fused-ring (bicyclic) bond motifs is 3.